The minimum absolute atomic E-state index is 0.0677. The van der Waals surface area contributed by atoms with Crippen molar-refractivity contribution in [3.63, 3.8) is 0 Å². The van der Waals surface area contributed by atoms with Gasteiger partial charge >= 0.3 is 0 Å². The Labute approximate surface area is 263 Å². The first-order valence-electron chi connectivity index (χ1n) is 16.1. The van der Waals surface area contributed by atoms with Crippen molar-refractivity contribution in [3.05, 3.63) is 100 Å². The molecule has 4 fully saturated rings. The molecule has 8 nitrogen and oxygen atoms in total. The highest BCUT2D eigenvalue weighted by atomic mass is 16.4. The Morgan fingerprint density at radius 2 is 1.47 bits per heavy atom. The number of fused-ring (bicyclic) bond motifs is 7. The van der Waals surface area contributed by atoms with Crippen LogP contribution >= 0.6 is 0 Å². The van der Waals surface area contributed by atoms with Gasteiger partial charge < -0.3 is 28.9 Å². The van der Waals surface area contributed by atoms with E-state index < -0.39 is 29.9 Å². The van der Waals surface area contributed by atoms with Crippen LogP contribution in [0.1, 0.15) is 46.5 Å². The third-order valence-corrected chi connectivity index (χ3v) is 11.6. The zero-order chi connectivity index (χ0) is 31.2. The summed E-state index contributed by atoms with van der Waals surface area (Å²) in [4.78, 5) is 40.0. The van der Waals surface area contributed by atoms with Gasteiger partial charge in [-0.3, -0.25) is 9.59 Å². The molecule has 6 aliphatic rings. The van der Waals surface area contributed by atoms with E-state index in [9.17, 15) is 24.6 Å². The molecule has 4 atom stereocenters. The molecule has 2 bridgehead atoms. The molecule has 1 N–H and O–H groups in total. The second-order valence-corrected chi connectivity index (χ2v) is 14.1. The number of aliphatic hydroxyl groups is 1. The molecule has 4 saturated heterocycles. The quantitative estimate of drug-likeness (QED) is 0.259. The minimum Gasteiger partial charge on any atom is -0.543 e. The Balaban J connectivity index is 1.05. The summed E-state index contributed by atoms with van der Waals surface area (Å²) in [5.74, 6) is -2.87. The smallest absolute Gasteiger partial charge is 0.235 e. The van der Waals surface area contributed by atoms with Gasteiger partial charge in [0.15, 0.2) is 5.78 Å². The van der Waals surface area contributed by atoms with Crippen LogP contribution in [0.3, 0.4) is 0 Å². The standard InChI is InChI=1S/C37H38N3O5/c1-22-31(34(37(44)45)38-33(22)32(23(2)41)36(38)43)26-9-11-27-29-18-25(8-10-28(29)35(42)30(27)19-26)21-40-15-12-39(13-16-40,14-17-40)20-24-6-4-3-5-7-24/h3-11,18-19,22-23,32-33,41H,12-17,20-21H2,1-2H3/q+1/t22-,23+,32+,33+,39?,40?/m0/s1. The average molecular weight is 605 g/mol. The van der Waals surface area contributed by atoms with Crippen molar-refractivity contribution in [3.8, 4) is 11.1 Å². The lowest BCUT2D eigenvalue weighted by Gasteiger charge is -2.55. The van der Waals surface area contributed by atoms with Crippen LogP contribution in [0.15, 0.2) is 72.4 Å². The molecule has 9 rings (SSSR count). The molecule has 8 heteroatoms. The zero-order valence-corrected chi connectivity index (χ0v) is 25.7. The zero-order valence-electron chi connectivity index (χ0n) is 25.7. The summed E-state index contributed by atoms with van der Waals surface area (Å²) < 4.78 is 2.27. The minimum atomic E-state index is -1.42. The Morgan fingerprint density at radius 3 is 2.09 bits per heavy atom. The predicted octanol–water partition coefficient (Wildman–Crippen LogP) is 2.58. The molecular weight excluding hydrogens is 566 g/mol. The molecule has 0 spiro atoms. The van der Waals surface area contributed by atoms with E-state index in [1.807, 2.05) is 25.1 Å². The Morgan fingerprint density at radius 1 is 0.844 bits per heavy atom. The van der Waals surface area contributed by atoms with Crippen molar-refractivity contribution in [1.29, 1.82) is 0 Å². The molecule has 1 amide bonds. The number of carbonyl (C=O) groups is 3. The number of aliphatic hydroxyl groups excluding tert-OH is 1. The number of benzene rings is 3. The number of hydrogen-bond donors (Lipinski definition) is 1. The number of carboxylic acids is 1. The van der Waals surface area contributed by atoms with Crippen molar-refractivity contribution in [2.75, 3.05) is 39.3 Å². The number of hydrogen-bond acceptors (Lipinski definition) is 5. The van der Waals surface area contributed by atoms with Gasteiger partial charge in [0, 0.05) is 28.2 Å². The normalized spacial score (nSPS) is 30.2. The van der Waals surface area contributed by atoms with Crippen LogP contribution in [0, 0.1) is 11.8 Å². The summed E-state index contributed by atoms with van der Waals surface area (Å²) in [7, 11) is 0. The number of β-lactam (4-membered cyclic amide) rings is 1. The third kappa shape index (κ3) is 4.19. The maximum absolute atomic E-state index is 13.7. The van der Waals surface area contributed by atoms with E-state index in [4.69, 9.17) is 0 Å². The molecular formula is C37H38N3O5+. The van der Waals surface area contributed by atoms with Gasteiger partial charge in [-0.25, -0.2) is 0 Å². The van der Waals surface area contributed by atoms with Crippen molar-refractivity contribution >= 4 is 23.2 Å². The number of carbonyl (C=O) groups excluding carboxylic acids is 3. The number of piperazine rings is 3. The second kappa shape index (κ2) is 9.94. The van der Waals surface area contributed by atoms with Gasteiger partial charge in [-0.2, -0.15) is 0 Å². The molecule has 3 aromatic carbocycles. The highest BCUT2D eigenvalue weighted by Gasteiger charge is 2.58. The van der Waals surface area contributed by atoms with Crippen LogP contribution in [-0.4, -0.2) is 88.0 Å². The summed E-state index contributed by atoms with van der Waals surface area (Å²) >= 11 is 0. The predicted molar refractivity (Wildman–Crippen MR) is 166 cm³/mol. The van der Waals surface area contributed by atoms with Crippen LogP contribution in [0.4, 0.5) is 0 Å². The van der Waals surface area contributed by atoms with E-state index in [2.05, 4.69) is 42.5 Å². The highest BCUT2D eigenvalue weighted by Crippen LogP contribution is 2.51. The van der Waals surface area contributed by atoms with E-state index in [-0.39, 0.29) is 17.4 Å². The number of nitrogens with zero attached hydrogens (tertiary/aromatic N) is 3. The number of aliphatic carboxylic acids is 1. The van der Waals surface area contributed by atoms with Crippen LogP contribution in [0.2, 0.25) is 0 Å². The third-order valence-electron chi connectivity index (χ3n) is 11.6. The monoisotopic (exact) mass is 604 g/mol. The molecule has 5 aliphatic heterocycles. The summed E-state index contributed by atoms with van der Waals surface area (Å²) in [5.41, 5.74) is 6.60. The van der Waals surface area contributed by atoms with E-state index >= 15 is 0 Å². The molecule has 230 valence electrons. The van der Waals surface area contributed by atoms with E-state index in [0.717, 1.165) is 48.3 Å². The van der Waals surface area contributed by atoms with Crippen molar-refractivity contribution in [1.82, 2.24) is 4.90 Å². The number of amides is 1. The number of quaternary nitrogens is 2. The van der Waals surface area contributed by atoms with Crippen LogP contribution in [-0.2, 0) is 22.7 Å². The first-order valence-corrected chi connectivity index (χ1v) is 16.1. The van der Waals surface area contributed by atoms with Crippen molar-refractivity contribution in [2.45, 2.75) is 39.1 Å². The SMILES string of the molecule is C[C@@H](O)[C@H]1C(=O)N2C(C(=O)[O-])=C(c3ccc4c(c3)C(=O)c3ccc(C[N+]56CC[N+](Cc7ccccc7)(CC5)CC6)cc3-4)[C@H](C)[C@H]12. The Kier molecular flexibility index (Phi) is 6.27. The van der Waals surface area contributed by atoms with Crippen molar-refractivity contribution < 1.29 is 33.6 Å². The summed E-state index contributed by atoms with van der Waals surface area (Å²) in [6.45, 7) is 12.5. The van der Waals surface area contributed by atoms with Gasteiger partial charge in [0.1, 0.15) is 52.4 Å². The molecule has 0 saturated carbocycles. The fourth-order valence-corrected chi connectivity index (χ4v) is 9.11. The fraction of sp³-hybridized carbons (Fsp3) is 0.378. The Bertz CT molecular complexity index is 1790. The topological polar surface area (TPSA) is 97.7 Å². The molecule has 3 aromatic rings. The molecule has 5 heterocycles. The number of ketones is 1. The highest BCUT2D eigenvalue weighted by molar-refractivity contribution is 6.22. The number of carboxylic acid groups (broad SMARTS) is 1. The van der Waals surface area contributed by atoms with Gasteiger partial charge in [0.2, 0.25) is 5.91 Å². The van der Waals surface area contributed by atoms with Gasteiger partial charge in [-0.1, -0.05) is 55.5 Å². The van der Waals surface area contributed by atoms with E-state index in [0.29, 0.717) is 22.3 Å². The van der Waals surface area contributed by atoms with E-state index in [1.165, 1.54) is 40.1 Å². The summed E-state index contributed by atoms with van der Waals surface area (Å²) in [5, 5.41) is 22.5. The first-order chi connectivity index (χ1) is 21.6. The summed E-state index contributed by atoms with van der Waals surface area (Å²) in [6, 6.07) is 22.2. The lowest BCUT2D eigenvalue weighted by Crippen LogP contribution is -2.74. The molecule has 0 radical (unpaired) electrons. The fourth-order valence-electron chi connectivity index (χ4n) is 9.11. The lowest BCUT2D eigenvalue weighted by molar-refractivity contribution is -1.09. The molecule has 0 aromatic heterocycles. The summed E-state index contributed by atoms with van der Waals surface area (Å²) in [6.07, 6.45) is -0.884. The average Bonchev–Trinajstić information content (AvgIpc) is 3.45. The molecule has 1 aliphatic carbocycles. The molecule has 0 unspecified atom stereocenters. The van der Waals surface area contributed by atoms with Crippen LogP contribution in [0.25, 0.3) is 16.7 Å². The largest absolute Gasteiger partial charge is 0.543 e. The van der Waals surface area contributed by atoms with Crippen LogP contribution in [0.5, 0.6) is 0 Å². The number of rotatable bonds is 7. The maximum Gasteiger partial charge on any atom is 0.235 e. The Hall–Kier alpha value is -4.11. The lowest BCUT2D eigenvalue weighted by atomic mass is 9.76. The van der Waals surface area contributed by atoms with Gasteiger partial charge in [0.05, 0.1) is 29.7 Å². The van der Waals surface area contributed by atoms with Gasteiger partial charge in [-0.05, 0) is 47.4 Å². The van der Waals surface area contributed by atoms with E-state index in [1.54, 1.807) is 13.0 Å². The molecule has 45 heavy (non-hydrogen) atoms. The van der Waals surface area contributed by atoms with Crippen molar-refractivity contribution in [2.24, 2.45) is 11.8 Å². The van der Waals surface area contributed by atoms with Gasteiger partial charge in [0.25, 0.3) is 0 Å². The first kappa shape index (κ1) is 28.4. The van der Waals surface area contributed by atoms with Gasteiger partial charge in [-0.15, -0.1) is 0 Å². The van der Waals surface area contributed by atoms with Crippen LogP contribution < -0.4 is 5.11 Å². The maximum atomic E-state index is 13.7. The second-order valence-electron chi connectivity index (χ2n) is 14.1.